The van der Waals surface area contributed by atoms with Gasteiger partial charge in [0.2, 0.25) is 0 Å². The lowest BCUT2D eigenvalue weighted by atomic mass is 10.1. The molecule has 1 aliphatic rings. The van der Waals surface area contributed by atoms with Gasteiger partial charge < -0.3 is 4.90 Å². The summed E-state index contributed by atoms with van der Waals surface area (Å²) in [5.74, 6) is -0.265. The van der Waals surface area contributed by atoms with Gasteiger partial charge in [0.25, 0.3) is 5.91 Å². The van der Waals surface area contributed by atoms with Crippen LogP contribution in [0.1, 0.15) is 21.5 Å². The summed E-state index contributed by atoms with van der Waals surface area (Å²) < 4.78 is 37.9. The molecule has 0 atom stereocenters. The smallest absolute Gasteiger partial charge is 0.336 e. The van der Waals surface area contributed by atoms with E-state index in [1.54, 1.807) is 17.0 Å². The highest BCUT2D eigenvalue weighted by atomic mass is 35.5. The zero-order valence-electron chi connectivity index (χ0n) is 14.1. The van der Waals surface area contributed by atoms with Gasteiger partial charge in [0.05, 0.1) is 5.56 Å². The molecule has 1 saturated heterocycles. The van der Waals surface area contributed by atoms with Gasteiger partial charge in [-0.1, -0.05) is 23.2 Å². The number of aromatic nitrogens is 1. The Kier molecular flexibility index (Phi) is 5.93. The molecule has 0 bridgehead atoms. The van der Waals surface area contributed by atoms with Crippen molar-refractivity contribution in [3.8, 4) is 0 Å². The van der Waals surface area contributed by atoms with Gasteiger partial charge in [-0.2, -0.15) is 13.2 Å². The number of amides is 1. The number of nitrogens with zero attached hydrogens (tertiary/aromatic N) is 3. The molecule has 0 spiro atoms. The third-order valence-corrected chi connectivity index (χ3v) is 4.73. The number of rotatable bonds is 3. The summed E-state index contributed by atoms with van der Waals surface area (Å²) in [7, 11) is 0. The first-order chi connectivity index (χ1) is 12.7. The summed E-state index contributed by atoms with van der Waals surface area (Å²) in [6, 6.07) is 7.79. The molecule has 9 heteroatoms. The fraction of sp³-hybridized carbons (Fsp3) is 0.333. The van der Waals surface area contributed by atoms with E-state index in [0.29, 0.717) is 43.0 Å². The van der Waals surface area contributed by atoms with Gasteiger partial charge in [-0.25, -0.2) is 4.98 Å². The Bertz CT molecular complexity index is 799. The second-order valence-electron chi connectivity index (χ2n) is 6.26. The molecule has 144 valence electrons. The van der Waals surface area contributed by atoms with Crippen molar-refractivity contribution in [1.82, 2.24) is 14.8 Å². The predicted octanol–water partition coefficient (Wildman–Crippen LogP) is 4.37. The average molecular weight is 418 g/mol. The molecule has 2 heterocycles. The lowest BCUT2D eigenvalue weighted by molar-refractivity contribution is -0.137. The van der Waals surface area contributed by atoms with Crippen molar-refractivity contribution in [2.75, 3.05) is 26.2 Å². The van der Waals surface area contributed by atoms with E-state index in [2.05, 4.69) is 9.88 Å². The molecule has 2 aromatic rings. The van der Waals surface area contributed by atoms with Crippen molar-refractivity contribution in [3.63, 3.8) is 0 Å². The Balaban J connectivity index is 1.57. The van der Waals surface area contributed by atoms with Crippen LogP contribution in [0.15, 0.2) is 36.4 Å². The standard InChI is InChI=1S/C18H16Cl2F3N3O/c19-15-9-12(10-16(20)24-15)11-25-5-7-26(8-6-25)17(27)13-1-3-14(4-2-13)18(21,22)23/h1-4,9-10H,5-8,11H2. The molecule has 1 fully saturated rings. The molecule has 1 aromatic carbocycles. The number of pyridine rings is 1. The number of hydrogen-bond donors (Lipinski definition) is 0. The fourth-order valence-electron chi connectivity index (χ4n) is 2.96. The maximum atomic E-state index is 12.6. The minimum atomic E-state index is -4.41. The molecule has 1 aliphatic heterocycles. The third-order valence-electron chi connectivity index (χ3n) is 4.35. The Morgan fingerprint density at radius 1 is 1.00 bits per heavy atom. The maximum absolute atomic E-state index is 12.6. The molecule has 27 heavy (non-hydrogen) atoms. The second kappa shape index (κ2) is 8.04. The van der Waals surface area contributed by atoms with Crippen molar-refractivity contribution in [1.29, 1.82) is 0 Å². The number of benzene rings is 1. The highest BCUT2D eigenvalue weighted by Crippen LogP contribution is 2.29. The quantitative estimate of drug-likeness (QED) is 0.695. The van der Waals surface area contributed by atoms with Gasteiger partial charge in [-0.3, -0.25) is 9.69 Å². The van der Waals surface area contributed by atoms with Crippen LogP contribution in [0.4, 0.5) is 13.2 Å². The Morgan fingerprint density at radius 3 is 2.07 bits per heavy atom. The van der Waals surface area contributed by atoms with Gasteiger partial charge in [0.1, 0.15) is 10.3 Å². The lowest BCUT2D eigenvalue weighted by Gasteiger charge is -2.34. The highest BCUT2D eigenvalue weighted by molar-refractivity contribution is 6.32. The van der Waals surface area contributed by atoms with Crippen LogP contribution >= 0.6 is 23.2 Å². The summed E-state index contributed by atoms with van der Waals surface area (Å²) in [6.45, 7) is 2.90. The van der Waals surface area contributed by atoms with Gasteiger partial charge in [-0.05, 0) is 42.0 Å². The average Bonchev–Trinajstić information content (AvgIpc) is 2.60. The molecule has 1 aromatic heterocycles. The first-order valence-electron chi connectivity index (χ1n) is 8.23. The Hall–Kier alpha value is -1.83. The van der Waals surface area contributed by atoms with E-state index >= 15 is 0 Å². The van der Waals surface area contributed by atoms with Crippen molar-refractivity contribution in [3.05, 3.63) is 63.4 Å². The van der Waals surface area contributed by atoms with E-state index in [0.717, 1.165) is 17.7 Å². The zero-order valence-corrected chi connectivity index (χ0v) is 15.7. The molecular weight excluding hydrogens is 402 g/mol. The number of piperazine rings is 1. The number of hydrogen-bond acceptors (Lipinski definition) is 3. The van der Waals surface area contributed by atoms with E-state index in [9.17, 15) is 18.0 Å². The third kappa shape index (κ3) is 5.12. The molecule has 0 radical (unpaired) electrons. The van der Waals surface area contributed by atoms with E-state index in [-0.39, 0.29) is 11.5 Å². The number of carbonyl (C=O) groups is 1. The van der Waals surface area contributed by atoms with Crippen LogP contribution in [0.3, 0.4) is 0 Å². The Labute approximate surface area is 164 Å². The van der Waals surface area contributed by atoms with E-state index in [1.807, 2.05) is 0 Å². The normalized spacial score (nSPS) is 15.8. The van der Waals surface area contributed by atoms with E-state index in [4.69, 9.17) is 23.2 Å². The SMILES string of the molecule is O=C(c1ccc(C(F)(F)F)cc1)N1CCN(Cc2cc(Cl)nc(Cl)c2)CC1. The van der Waals surface area contributed by atoms with Crippen molar-refractivity contribution >= 4 is 29.1 Å². The Morgan fingerprint density at radius 2 is 1.56 bits per heavy atom. The molecule has 0 saturated carbocycles. The molecule has 0 N–H and O–H groups in total. The minimum Gasteiger partial charge on any atom is -0.336 e. The minimum absolute atomic E-state index is 0.254. The zero-order chi connectivity index (χ0) is 19.6. The number of alkyl halides is 3. The fourth-order valence-corrected chi connectivity index (χ4v) is 3.46. The van der Waals surface area contributed by atoms with E-state index < -0.39 is 11.7 Å². The molecular formula is C18H16Cl2F3N3O. The second-order valence-corrected chi connectivity index (χ2v) is 7.04. The summed E-state index contributed by atoms with van der Waals surface area (Å²) >= 11 is 11.8. The van der Waals surface area contributed by atoms with Crippen LogP contribution in [0.25, 0.3) is 0 Å². The van der Waals surface area contributed by atoms with Crippen LogP contribution in [-0.2, 0) is 12.7 Å². The van der Waals surface area contributed by atoms with E-state index in [1.165, 1.54) is 12.1 Å². The van der Waals surface area contributed by atoms with Crippen molar-refractivity contribution < 1.29 is 18.0 Å². The summed E-state index contributed by atoms with van der Waals surface area (Å²) in [4.78, 5) is 20.2. The van der Waals surface area contributed by atoms with Crippen LogP contribution in [0.5, 0.6) is 0 Å². The maximum Gasteiger partial charge on any atom is 0.416 e. The van der Waals surface area contributed by atoms with Crippen LogP contribution in [-0.4, -0.2) is 46.9 Å². The van der Waals surface area contributed by atoms with Crippen LogP contribution < -0.4 is 0 Å². The summed E-state index contributed by atoms with van der Waals surface area (Å²) in [6.07, 6.45) is -4.41. The largest absolute Gasteiger partial charge is 0.416 e. The number of halogens is 5. The van der Waals surface area contributed by atoms with Crippen LogP contribution in [0.2, 0.25) is 10.3 Å². The molecule has 0 aliphatic carbocycles. The topological polar surface area (TPSA) is 36.4 Å². The van der Waals surface area contributed by atoms with Gasteiger partial charge in [-0.15, -0.1) is 0 Å². The summed E-state index contributed by atoms with van der Waals surface area (Å²) in [5.41, 5.74) is 0.421. The summed E-state index contributed by atoms with van der Waals surface area (Å²) in [5, 5.41) is 0.655. The van der Waals surface area contributed by atoms with Gasteiger partial charge in [0.15, 0.2) is 0 Å². The molecule has 0 unspecified atom stereocenters. The number of carbonyl (C=O) groups excluding carboxylic acids is 1. The van der Waals surface area contributed by atoms with Crippen molar-refractivity contribution in [2.45, 2.75) is 12.7 Å². The molecule has 1 amide bonds. The van der Waals surface area contributed by atoms with Gasteiger partial charge in [0, 0.05) is 38.3 Å². The van der Waals surface area contributed by atoms with Crippen molar-refractivity contribution in [2.24, 2.45) is 0 Å². The van der Waals surface area contributed by atoms with Gasteiger partial charge >= 0.3 is 6.18 Å². The first-order valence-corrected chi connectivity index (χ1v) is 8.99. The molecule has 3 rings (SSSR count). The molecule has 4 nitrogen and oxygen atoms in total. The predicted molar refractivity (Wildman–Crippen MR) is 96.9 cm³/mol. The lowest BCUT2D eigenvalue weighted by Crippen LogP contribution is -2.48. The first kappa shape index (κ1) is 19.9. The van der Waals surface area contributed by atoms with Crippen LogP contribution in [0, 0.1) is 0 Å². The monoisotopic (exact) mass is 417 g/mol. The highest BCUT2D eigenvalue weighted by Gasteiger charge is 2.30.